The Hall–Kier alpha value is -2.16. The highest BCUT2D eigenvalue weighted by Crippen LogP contribution is 2.27. The van der Waals surface area contributed by atoms with Crippen LogP contribution < -0.4 is 0 Å². The number of pyridine rings is 2. The first kappa shape index (κ1) is 10.0. The summed E-state index contributed by atoms with van der Waals surface area (Å²) in [7, 11) is 0. The van der Waals surface area contributed by atoms with E-state index < -0.39 is 0 Å². The Morgan fingerprint density at radius 1 is 1.18 bits per heavy atom. The predicted octanol–water partition coefficient (Wildman–Crippen LogP) is 3.01. The number of imidazole rings is 1. The van der Waals surface area contributed by atoms with Crippen LogP contribution in [-0.2, 0) is 0 Å². The van der Waals surface area contributed by atoms with Crippen molar-refractivity contribution in [2.24, 2.45) is 0 Å². The Kier molecular flexibility index (Phi) is 2.18. The van der Waals surface area contributed by atoms with Crippen molar-refractivity contribution in [1.29, 1.82) is 0 Å². The SMILES string of the molecule is Cc1cc2nccn2c(C)c1-c1cccnc1. The van der Waals surface area contributed by atoms with Crippen LogP contribution in [0.2, 0.25) is 0 Å². The third-order valence-corrected chi connectivity index (χ3v) is 3.08. The first-order valence-electron chi connectivity index (χ1n) is 5.61. The predicted molar refractivity (Wildman–Crippen MR) is 67.9 cm³/mol. The maximum absolute atomic E-state index is 4.32. The summed E-state index contributed by atoms with van der Waals surface area (Å²) in [5, 5.41) is 0. The van der Waals surface area contributed by atoms with Gasteiger partial charge >= 0.3 is 0 Å². The summed E-state index contributed by atoms with van der Waals surface area (Å²) in [4.78, 5) is 8.51. The first-order valence-corrected chi connectivity index (χ1v) is 5.61. The Balaban J connectivity index is 2.36. The van der Waals surface area contributed by atoms with Crippen LogP contribution in [0.15, 0.2) is 43.0 Å². The van der Waals surface area contributed by atoms with Crippen molar-refractivity contribution in [2.75, 3.05) is 0 Å². The molecule has 0 bridgehead atoms. The van der Waals surface area contributed by atoms with Crippen LogP contribution in [0.25, 0.3) is 16.8 Å². The van der Waals surface area contributed by atoms with Crippen LogP contribution in [0.3, 0.4) is 0 Å². The lowest BCUT2D eigenvalue weighted by atomic mass is 10.0. The molecule has 3 heterocycles. The van der Waals surface area contributed by atoms with Crippen LogP contribution >= 0.6 is 0 Å². The van der Waals surface area contributed by atoms with Crippen molar-refractivity contribution < 1.29 is 0 Å². The molecule has 0 aliphatic carbocycles. The van der Waals surface area contributed by atoms with Gasteiger partial charge in [-0.2, -0.15) is 0 Å². The Bertz CT molecular complexity index is 669. The number of aromatic nitrogens is 3. The fourth-order valence-corrected chi connectivity index (χ4v) is 2.32. The number of hydrogen-bond donors (Lipinski definition) is 0. The van der Waals surface area contributed by atoms with Gasteiger partial charge in [0.15, 0.2) is 0 Å². The van der Waals surface area contributed by atoms with E-state index in [0.29, 0.717) is 0 Å². The second kappa shape index (κ2) is 3.70. The number of fused-ring (bicyclic) bond motifs is 1. The molecule has 0 unspecified atom stereocenters. The third-order valence-electron chi connectivity index (χ3n) is 3.08. The monoisotopic (exact) mass is 223 g/mol. The first-order chi connectivity index (χ1) is 8.27. The van der Waals surface area contributed by atoms with Gasteiger partial charge in [0.05, 0.1) is 0 Å². The highest BCUT2D eigenvalue weighted by Gasteiger charge is 2.09. The minimum absolute atomic E-state index is 0.993. The fraction of sp³-hybridized carbons (Fsp3) is 0.143. The molecule has 3 aromatic rings. The Morgan fingerprint density at radius 3 is 2.82 bits per heavy atom. The molecule has 17 heavy (non-hydrogen) atoms. The summed E-state index contributed by atoms with van der Waals surface area (Å²) in [5.41, 5.74) is 5.81. The maximum Gasteiger partial charge on any atom is 0.137 e. The van der Waals surface area contributed by atoms with E-state index in [9.17, 15) is 0 Å². The maximum atomic E-state index is 4.32. The van der Waals surface area contributed by atoms with Gasteiger partial charge in [0.2, 0.25) is 0 Å². The molecule has 0 atom stereocenters. The lowest BCUT2D eigenvalue weighted by Crippen LogP contribution is -1.97. The minimum atomic E-state index is 0.993. The van der Waals surface area contributed by atoms with Gasteiger partial charge in [-0.15, -0.1) is 0 Å². The van der Waals surface area contributed by atoms with Gasteiger partial charge in [-0.25, -0.2) is 4.98 Å². The van der Waals surface area contributed by atoms with E-state index in [4.69, 9.17) is 0 Å². The molecule has 0 N–H and O–H groups in total. The molecule has 3 nitrogen and oxygen atoms in total. The third kappa shape index (κ3) is 1.51. The zero-order valence-electron chi connectivity index (χ0n) is 9.88. The van der Waals surface area contributed by atoms with Gasteiger partial charge < -0.3 is 4.40 Å². The quantitative estimate of drug-likeness (QED) is 0.634. The number of aryl methyl sites for hydroxylation is 2. The molecule has 3 heteroatoms. The van der Waals surface area contributed by atoms with Crippen molar-refractivity contribution in [3.8, 4) is 11.1 Å². The van der Waals surface area contributed by atoms with Crippen LogP contribution in [0, 0.1) is 13.8 Å². The van der Waals surface area contributed by atoms with Crippen molar-refractivity contribution in [2.45, 2.75) is 13.8 Å². The number of hydrogen-bond acceptors (Lipinski definition) is 2. The van der Waals surface area contributed by atoms with Gasteiger partial charge in [-0.1, -0.05) is 6.07 Å². The van der Waals surface area contributed by atoms with E-state index in [1.54, 1.807) is 6.20 Å². The second-order valence-corrected chi connectivity index (χ2v) is 4.18. The van der Waals surface area contributed by atoms with Crippen LogP contribution in [0.4, 0.5) is 0 Å². The van der Waals surface area contributed by atoms with Gasteiger partial charge in [-0.3, -0.25) is 4.98 Å². The second-order valence-electron chi connectivity index (χ2n) is 4.18. The zero-order chi connectivity index (χ0) is 11.8. The molecule has 0 amide bonds. The lowest BCUT2D eigenvalue weighted by molar-refractivity contribution is 1.08. The summed E-state index contributed by atoms with van der Waals surface area (Å²) in [6, 6.07) is 6.16. The lowest BCUT2D eigenvalue weighted by Gasteiger charge is -2.11. The highest BCUT2D eigenvalue weighted by atomic mass is 15.0. The molecular formula is C14H13N3. The van der Waals surface area contributed by atoms with Gasteiger partial charge in [0.25, 0.3) is 0 Å². The van der Waals surface area contributed by atoms with Crippen LogP contribution in [0.1, 0.15) is 11.3 Å². The zero-order valence-corrected chi connectivity index (χ0v) is 9.88. The fourth-order valence-electron chi connectivity index (χ4n) is 2.32. The van der Waals surface area contributed by atoms with Gasteiger partial charge in [0, 0.05) is 41.6 Å². The van der Waals surface area contributed by atoms with Crippen molar-refractivity contribution in [1.82, 2.24) is 14.4 Å². The normalized spacial score (nSPS) is 10.9. The standard InChI is InChI=1S/C14H13N3/c1-10-8-13-16-6-7-17(13)11(2)14(10)12-4-3-5-15-9-12/h3-9H,1-2H3. The van der Waals surface area contributed by atoms with E-state index in [0.717, 1.165) is 11.2 Å². The molecule has 0 aliphatic heterocycles. The molecule has 3 aromatic heterocycles. The van der Waals surface area contributed by atoms with E-state index in [1.807, 2.05) is 24.7 Å². The average molecular weight is 223 g/mol. The molecule has 84 valence electrons. The molecule has 0 saturated heterocycles. The van der Waals surface area contributed by atoms with Crippen LogP contribution in [0.5, 0.6) is 0 Å². The van der Waals surface area contributed by atoms with E-state index in [-0.39, 0.29) is 0 Å². The molecule has 0 saturated carbocycles. The smallest absolute Gasteiger partial charge is 0.137 e. The molecule has 3 rings (SSSR count). The minimum Gasteiger partial charge on any atom is -0.304 e. The molecular weight excluding hydrogens is 210 g/mol. The summed E-state index contributed by atoms with van der Waals surface area (Å²) >= 11 is 0. The van der Waals surface area contributed by atoms with Gasteiger partial charge in [-0.05, 0) is 31.5 Å². The van der Waals surface area contributed by atoms with Crippen molar-refractivity contribution >= 4 is 5.65 Å². The molecule has 0 fully saturated rings. The van der Waals surface area contributed by atoms with Crippen molar-refractivity contribution in [3.63, 3.8) is 0 Å². The van der Waals surface area contributed by atoms with E-state index in [2.05, 4.69) is 40.3 Å². The number of rotatable bonds is 1. The average Bonchev–Trinajstić information content (AvgIpc) is 2.78. The van der Waals surface area contributed by atoms with Crippen molar-refractivity contribution in [3.05, 3.63) is 54.2 Å². The largest absolute Gasteiger partial charge is 0.304 e. The number of nitrogens with zero attached hydrogens (tertiary/aromatic N) is 3. The summed E-state index contributed by atoms with van der Waals surface area (Å²) in [6.07, 6.45) is 7.51. The van der Waals surface area contributed by atoms with Gasteiger partial charge in [0.1, 0.15) is 5.65 Å². The Morgan fingerprint density at radius 2 is 2.06 bits per heavy atom. The summed E-state index contributed by atoms with van der Waals surface area (Å²) in [5.74, 6) is 0. The van der Waals surface area contributed by atoms with E-state index >= 15 is 0 Å². The van der Waals surface area contributed by atoms with E-state index in [1.165, 1.54) is 16.8 Å². The molecule has 0 spiro atoms. The molecule has 0 aromatic carbocycles. The molecule has 0 aliphatic rings. The topological polar surface area (TPSA) is 30.2 Å². The summed E-state index contributed by atoms with van der Waals surface area (Å²) < 4.78 is 2.11. The molecule has 0 radical (unpaired) electrons. The Labute approximate surface area is 99.8 Å². The highest BCUT2D eigenvalue weighted by molar-refractivity contribution is 5.71. The van der Waals surface area contributed by atoms with Crippen LogP contribution in [-0.4, -0.2) is 14.4 Å². The summed E-state index contributed by atoms with van der Waals surface area (Å²) in [6.45, 7) is 4.23.